The molecule has 3 nitrogen and oxygen atoms in total. The molecule has 0 unspecified atom stereocenters. The number of rotatable bonds is 6. The summed E-state index contributed by atoms with van der Waals surface area (Å²) in [5.41, 5.74) is 2.28. The van der Waals surface area contributed by atoms with Gasteiger partial charge in [-0.25, -0.2) is 0 Å². The summed E-state index contributed by atoms with van der Waals surface area (Å²) in [4.78, 5) is 0. The summed E-state index contributed by atoms with van der Waals surface area (Å²) >= 11 is 0. The summed E-state index contributed by atoms with van der Waals surface area (Å²) < 4.78 is 16.5. The highest BCUT2D eigenvalue weighted by Gasteiger charge is 2.41. The van der Waals surface area contributed by atoms with Crippen molar-refractivity contribution in [3.05, 3.63) is 71.8 Å². The van der Waals surface area contributed by atoms with Gasteiger partial charge in [-0.3, -0.25) is 0 Å². The van der Waals surface area contributed by atoms with Crippen LogP contribution in [0.5, 0.6) is 0 Å². The van der Waals surface area contributed by atoms with Gasteiger partial charge in [0.15, 0.2) is 0 Å². The Labute approximate surface area is 112 Å². The van der Waals surface area contributed by atoms with E-state index in [2.05, 4.69) is 0 Å². The van der Waals surface area contributed by atoms with Gasteiger partial charge in [-0.15, -0.1) is 0 Å². The van der Waals surface area contributed by atoms with Gasteiger partial charge in [0.25, 0.3) is 0 Å². The quantitative estimate of drug-likeness (QED) is 0.744. The van der Waals surface area contributed by atoms with E-state index in [9.17, 15) is 0 Å². The van der Waals surface area contributed by atoms with Crippen LogP contribution in [0.4, 0.5) is 0 Å². The maximum absolute atomic E-state index is 5.59. The van der Waals surface area contributed by atoms with Gasteiger partial charge in [-0.1, -0.05) is 60.7 Å². The molecule has 3 rings (SSSR count). The smallest absolute Gasteiger partial charge is 0.212 e. The lowest BCUT2D eigenvalue weighted by Gasteiger charge is -2.02. The minimum absolute atomic E-state index is 0.232. The Morgan fingerprint density at radius 3 is 1.53 bits per heavy atom. The largest absolute Gasteiger partial charge is 0.343 e. The molecule has 0 amide bonds. The lowest BCUT2D eigenvalue weighted by atomic mass is 10.2. The average Bonchev–Trinajstić information content (AvgIpc) is 3.24. The van der Waals surface area contributed by atoms with E-state index in [1.807, 2.05) is 60.7 Å². The number of benzene rings is 2. The molecule has 1 aliphatic heterocycles. The first kappa shape index (κ1) is 12.4. The molecule has 0 bridgehead atoms. The molecule has 2 atom stereocenters. The van der Waals surface area contributed by atoms with Crippen molar-refractivity contribution in [3.63, 3.8) is 0 Å². The molecule has 2 aromatic carbocycles. The van der Waals surface area contributed by atoms with Crippen LogP contribution in [0.25, 0.3) is 0 Å². The summed E-state index contributed by atoms with van der Waals surface area (Å²) in [5, 5.41) is 0. The second-order valence-electron chi connectivity index (χ2n) is 4.47. The van der Waals surface area contributed by atoms with Gasteiger partial charge in [-0.2, -0.15) is 0 Å². The van der Waals surface area contributed by atoms with Crippen molar-refractivity contribution in [2.75, 3.05) is 0 Å². The minimum Gasteiger partial charge on any atom is -0.343 e. The predicted octanol–water partition coefficient (Wildman–Crippen LogP) is 3.10. The molecule has 0 radical (unpaired) electrons. The highest BCUT2D eigenvalue weighted by molar-refractivity contribution is 5.14. The molecule has 0 N–H and O–H groups in total. The van der Waals surface area contributed by atoms with Gasteiger partial charge in [0.2, 0.25) is 12.6 Å². The van der Waals surface area contributed by atoms with E-state index in [-0.39, 0.29) is 12.6 Å². The summed E-state index contributed by atoms with van der Waals surface area (Å²) in [6, 6.07) is 20.1. The van der Waals surface area contributed by atoms with E-state index in [1.54, 1.807) is 0 Å². The summed E-state index contributed by atoms with van der Waals surface area (Å²) in [6.45, 7) is 1.10. The van der Waals surface area contributed by atoms with Crippen LogP contribution >= 0.6 is 0 Å². The Morgan fingerprint density at radius 1 is 0.684 bits per heavy atom. The molecule has 1 saturated heterocycles. The van der Waals surface area contributed by atoms with Crippen LogP contribution in [0.15, 0.2) is 60.7 Å². The van der Waals surface area contributed by atoms with Crippen molar-refractivity contribution in [1.82, 2.24) is 0 Å². The van der Waals surface area contributed by atoms with Crippen molar-refractivity contribution < 1.29 is 14.2 Å². The number of ether oxygens (including phenoxy) is 3. The van der Waals surface area contributed by atoms with E-state index in [0.717, 1.165) is 11.1 Å². The fourth-order valence-corrected chi connectivity index (χ4v) is 1.83. The standard InChI is InChI=1S/C16H16O3/c1-3-7-13(8-4-1)11-17-15-16(19-15)18-12-14-9-5-2-6-10-14/h1-10,15-16H,11-12H2/t15-,16+. The fraction of sp³-hybridized carbons (Fsp3) is 0.250. The molecule has 1 heterocycles. The molecule has 0 saturated carbocycles. The van der Waals surface area contributed by atoms with E-state index in [4.69, 9.17) is 14.2 Å². The molecule has 0 aliphatic carbocycles. The maximum Gasteiger partial charge on any atom is 0.212 e. The molecule has 98 valence electrons. The highest BCUT2D eigenvalue weighted by Crippen LogP contribution is 2.26. The normalized spacial score (nSPS) is 21.3. The van der Waals surface area contributed by atoms with E-state index in [1.165, 1.54) is 0 Å². The third-order valence-corrected chi connectivity index (χ3v) is 2.93. The first-order chi connectivity index (χ1) is 9.42. The van der Waals surface area contributed by atoms with Gasteiger partial charge >= 0.3 is 0 Å². The zero-order valence-electron chi connectivity index (χ0n) is 10.6. The lowest BCUT2D eigenvalue weighted by Crippen LogP contribution is -2.04. The predicted molar refractivity (Wildman–Crippen MR) is 71.1 cm³/mol. The molecular weight excluding hydrogens is 240 g/mol. The van der Waals surface area contributed by atoms with Crippen LogP contribution in [0.1, 0.15) is 11.1 Å². The molecular formula is C16H16O3. The first-order valence-electron chi connectivity index (χ1n) is 6.38. The van der Waals surface area contributed by atoms with Crippen LogP contribution in [0.3, 0.4) is 0 Å². The van der Waals surface area contributed by atoms with Crippen LogP contribution in [-0.2, 0) is 27.4 Å². The monoisotopic (exact) mass is 256 g/mol. The summed E-state index contributed by atoms with van der Waals surface area (Å²) in [7, 11) is 0. The zero-order valence-corrected chi connectivity index (χ0v) is 10.6. The average molecular weight is 256 g/mol. The summed E-state index contributed by atoms with van der Waals surface area (Å²) in [6.07, 6.45) is -0.465. The van der Waals surface area contributed by atoms with E-state index < -0.39 is 0 Å². The number of hydrogen-bond acceptors (Lipinski definition) is 3. The fourth-order valence-electron chi connectivity index (χ4n) is 1.83. The van der Waals surface area contributed by atoms with Crippen molar-refractivity contribution in [1.29, 1.82) is 0 Å². The third kappa shape index (κ3) is 3.64. The van der Waals surface area contributed by atoms with Gasteiger partial charge in [0.05, 0.1) is 13.2 Å². The van der Waals surface area contributed by atoms with Crippen molar-refractivity contribution in [2.24, 2.45) is 0 Å². The van der Waals surface area contributed by atoms with Gasteiger partial charge in [0.1, 0.15) is 0 Å². The van der Waals surface area contributed by atoms with Crippen LogP contribution < -0.4 is 0 Å². The molecule has 0 spiro atoms. The van der Waals surface area contributed by atoms with Crippen LogP contribution in [-0.4, -0.2) is 12.6 Å². The maximum atomic E-state index is 5.59. The van der Waals surface area contributed by atoms with Crippen molar-refractivity contribution in [3.8, 4) is 0 Å². The lowest BCUT2D eigenvalue weighted by molar-refractivity contribution is 0.0291. The molecule has 1 aliphatic rings. The van der Waals surface area contributed by atoms with Gasteiger partial charge in [-0.05, 0) is 11.1 Å². The van der Waals surface area contributed by atoms with Crippen LogP contribution in [0.2, 0.25) is 0 Å². The first-order valence-corrected chi connectivity index (χ1v) is 6.38. The van der Waals surface area contributed by atoms with E-state index in [0.29, 0.717) is 13.2 Å². The highest BCUT2D eigenvalue weighted by atomic mass is 16.9. The summed E-state index contributed by atoms with van der Waals surface area (Å²) in [5.74, 6) is 0. The number of hydrogen-bond donors (Lipinski definition) is 0. The van der Waals surface area contributed by atoms with Crippen LogP contribution in [0, 0.1) is 0 Å². The Morgan fingerprint density at radius 2 is 1.11 bits per heavy atom. The number of epoxide rings is 1. The molecule has 3 heteroatoms. The van der Waals surface area contributed by atoms with Gasteiger partial charge < -0.3 is 14.2 Å². The molecule has 2 aromatic rings. The molecule has 19 heavy (non-hydrogen) atoms. The topological polar surface area (TPSA) is 31.0 Å². The molecule has 1 fully saturated rings. The zero-order chi connectivity index (χ0) is 12.9. The molecule has 0 aromatic heterocycles. The van der Waals surface area contributed by atoms with Gasteiger partial charge in [0, 0.05) is 0 Å². The Kier molecular flexibility index (Phi) is 3.89. The minimum atomic E-state index is -0.232. The Bertz CT molecular complexity index is 450. The SMILES string of the molecule is c1ccc(CO[C@@H]2O[C@@H]2OCc2ccccc2)cc1. The van der Waals surface area contributed by atoms with Crippen molar-refractivity contribution in [2.45, 2.75) is 25.8 Å². The third-order valence-electron chi connectivity index (χ3n) is 2.93. The Hall–Kier alpha value is -1.68. The van der Waals surface area contributed by atoms with Crippen molar-refractivity contribution >= 4 is 0 Å². The second-order valence-corrected chi connectivity index (χ2v) is 4.47. The second kappa shape index (κ2) is 5.97. The van der Waals surface area contributed by atoms with E-state index >= 15 is 0 Å². The Balaban J connectivity index is 1.38.